The van der Waals surface area contributed by atoms with Crippen LogP contribution in [0.15, 0.2) is 24.5 Å². The van der Waals surface area contributed by atoms with Gasteiger partial charge in [0.05, 0.1) is 5.75 Å². The third-order valence-electron chi connectivity index (χ3n) is 2.60. The number of rotatable bonds is 7. The maximum absolute atomic E-state index is 11.6. The number of hydrogen-bond donors (Lipinski definition) is 2. The van der Waals surface area contributed by atoms with Gasteiger partial charge in [0.2, 0.25) is 10.0 Å². The van der Waals surface area contributed by atoms with Gasteiger partial charge < -0.3 is 5.32 Å². The molecular weight excluding hydrogens is 238 g/mol. The summed E-state index contributed by atoms with van der Waals surface area (Å²) in [5.74, 6) is 0.129. The third kappa shape index (κ3) is 4.80. The van der Waals surface area contributed by atoms with E-state index in [1.54, 1.807) is 18.5 Å². The lowest BCUT2D eigenvalue weighted by molar-refractivity contribution is 0.576. The molecule has 0 bridgehead atoms. The Kier molecular flexibility index (Phi) is 4.09. The molecule has 0 amide bonds. The van der Waals surface area contributed by atoms with E-state index in [-0.39, 0.29) is 5.75 Å². The van der Waals surface area contributed by atoms with Gasteiger partial charge in [0.25, 0.3) is 0 Å². The van der Waals surface area contributed by atoms with E-state index in [4.69, 9.17) is 0 Å². The maximum atomic E-state index is 11.6. The molecule has 0 atom stereocenters. The minimum atomic E-state index is -3.19. The predicted molar refractivity (Wildman–Crippen MR) is 65.9 cm³/mol. The van der Waals surface area contributed by atoms with Gasteiger partial charge in [-0.3, -0.25) is 4.98 Å². The highest BCUT2D eigenvalue weighted by Gasteiger charge is 2.21. The minimum absolute atomic E-state index is 0.129. The van der Waals surface area contributed by atoms with E-state index in [1.807, 2.05) is 6.07 Å². The van der Waals surface area contributed by atoms with Gasteiger partial charge in [0.15, 0.2) is 0 Å². The largest absolute Gasteiger partial charge is 0.313 e. The van der Waals surface area contributed by atoms with Crippen molar-refractivity contribution < 1.29 is 8.42 Å². The second kappa shape index (κ2) is 5.57. The van der Waals surface area contributed by atoms with Gasteiger partial charge in [0.1, 0.15) is 0 Å². The Morgan fingerprint density at radius 2 is 2.24 bits per heavy atom. The fraction of sp³-hybridized carbons (Fsp3) is 0.545. The molecule has 17 heavy (non-hydrogen) atoms. The monoisotopic (exact) mass is 255 g/mol. The van der Waals surface area contributed by atoms with Gasteiger partial charge in [-0.1, -0.05) is 6.07 Å². The van der Waals surface area contributed by atoms with Crippen LogP contribution in [0.1, 0.15) is 18.4 Å². The van der Waals surface area contributed by atoms with Gasteiger partial charge >= 0.3 is 0 Å². The second-order valence-corrected chi connectivity index (χ2v) is 6.16. The fourth-order valence-corrected chi connectivity index (χ4v) is 2.37. The molecule has 2 rings (SSSR count). The van der Waals surface area contributed by atoms with Crippen molar-refractivity contribution in [3.63, 3.8) is 0 Å². The summed E-state index contributed by atoms with van der Waals surface area (Å²) < 4.78 is 25.8. The highest BCUT2D eigenvalue weighted by atomic mass is 32.2. The predicted octanol–water partition coefficient (Wildman–Crippen LogP) is 0.253. The lowest BCUT2D eigenvalue weighted by Gasteiger charge is -2.07. The molecule has 6 heteroatoms. The first kappa shape index (κ1) is 12.5. The molecule has 1 aromatic heterocycles. The minimum Gasteiger partial charge on any atom is -0.313 e. The van der Waals surface area contributed by atoms with Gasteiger partial charge in [0, 0.05) is 31.5 Å². The van der Waals surface area contributed by atoms with Crippen LogP contribution in [0.25, 0.3) is 0 Å². The highest BCUT2D eigenvalue weighted by Crippen LogP contribution is 2.17. The van der Waals surface area contributed by atoms with Crippen LogP contribution in [0.5, 0.6) is 0 Å². The summed E-state index contributed by atoms with van der Waals surface area (Å²) in [7, 11) is -3.19. The lowest BCUT2D eigenvalue weighted by Crippen LogP contribution is -2.32. The number of nitrogens with zero attached hydrogens (tertiary/aromatic N) is 1. The third-order valence-corrected chi connectivity index (χ3v) is 3.93. The smallest absolute Gasteiger partial charge is 0.213 e. The Labute approximate surface area is 102 Å². The molecule has 1 saturated carbocycles. The summed E-state index contributed by atoms with van der Waals surface area (Å²) in [6.45, 7) is 0.826. The molecule has 0 aromatic carbocycles. The normalized spacial score (nSPS) is 16.0. The van der Waals surface area contributed by atoms with E-state index >= 15 is 0 Å². The Balaban J connectivity index is 1.72. The summed E-state index contributed by atoms with van der Waals surface area (Å²) in [5, 5.41) is 3.18. The summed E-state index contributed by atoms with van der Waals surface area (Å²) in [5.41, 5.74) is 0.867. The molecule has 2 N–H and O–H groups in total. The van der Waals surface area contributed by atoms with Crippen LogP contribution in [0, 0.1) is 0 Å². The van der Waals surface area contributed by atoms with Crippen molar-refractivity contribution in [2.24, 2.45) is 0 Å². The number of aromatic nitrogens is 1. The fourth-order valence-electron chi connectivity index (χ4n) is 1.45. The van der Waals surface area contributed by atoms with E-state index in [1.165, 1.54) is 12.8 Å². The Bertz CT molecular complexity index is 443. The zero-order valence-electron chi connectivity index (χ0n) is 9.59. The van der Waals surface area contributed by atoms with E-state index in [9.17, 15) is 8.42 Å². The van der Waals surface area contributed by atoms with Crippen molar-refractivity contribution in [3.05, 3.63) is 30.1 Å². The first-order valence-electron chi connectivity index (χ1n) is 5.75. The van der Waals surface area contributed by atoms with E-state index in [0.29, 0.717) is 19.1 Å². The summed E-state index contributed by atoms with van der Waals surface area (Å²) in [6.07, 6.45) is 5.66. The van der Waals surface area contributed by atoms with Crippen molar-refractivity contribution in [1.29, 1.82) is 0 Å². The molecule has 1 fully saturated rings. The van der Waals surface area contributed by atoms with Gasteiger partial charge in [-0.05, 0) is 24.5 Å². The Hall–Kier alpha value is -0.980. The zero-order chi connectivity index (χ0) is 12.1. The quantitative estimate of drug-likeness (QED) is 0.733. The van der Waals surface area contributed by atoms with Crippen molar-refractivity contribution in [1.82, 2.24) is 15.0 Å². The molecule has 1 aliphatic carbocycles. The van der Waals surface area contributed by atoms with Crippen LogP contribution < -0.4 is 10.0 Å². The van der Waals surface area contributed by atoms with Crippen LogP contribution in [-0.2, 0) is 16.6 Å². The number of nitrogens with one attached hydrogen (secondary N) is 2. The van der Waals surface area contributed by atoms with Crippen LogP contribution in [0.2, 0.25) is 0 Å². The number of pyridine rings is 1. The average Bonchev–Trinajstić information content (AvgIpc) is 3.12. The van der Waals surface area contributed by atoms with Crippen LogP contribution in [0.4, 0.5) is 0 Å². The molecule has 0 unspecified atom stereocenters. The molecule has 0 spiro atoms. The summed E-state index contributed by atoms with van der Waals surface area (Å²) in [6, 6.07) is 4.18. The topological polar surface area (TPSA) is 71.1 Å². The SMILES string of the molecule is O=S(=O)(CCNC1CC1)NCc1cccnc1. The molecule has 1 aliphatic rings. The van der Waals surface area contributed by atoms with Crippen molar-refractivity contribution in [3.8, 4) is 0 Å². The number of hydrogen-bond acceptors (Lipinski definition) is 4. The van der Waals surface area contributed by atoms with Crippen molar-refractivity contribution >= 4 is 10.0 Å². The zero-order valence-corrected chi connectivity index (χ0v) is 10.4. The van der Waals surface area contributed by atoms with Crippen LogP contribution in [0.3, 0.4) is 0 Å². The molecule has 1 aromatic rings. The maximum Gasteiger partial charge on any atom is 0.213 e. The summed E-state index contributed by atoms with van der Waals surface area (Å²) >= 11 is 0. The second-order valence-electron chi connectivity index (χ2n) is 4.23. The van der Waals surface area contributed by atoms with Crippen molar-refractivity contribution in [2.45, 2.75) is 25.4 Å². The Morgan fingerprint density at radius 3 is 2.88 bits per heavy atom. The standard InChI is InChI=1S/C11H17N3O2S/c15-17(16,7-6-13-11-3-4-11)14-9-10-2-1-5-12-8-10/h1-2,5,8,11,13-14H,3-4,6-7,9H2. The van der Waals surface area contributed by atoms with E-state index in [0.717, 1.165) is 5.56 Å². The highest BCUT2D eigenvalue weighted by molar-refractivity contribution is 7.89. The molecule has 0 saturated heterocycles. The molecular formula is C11H17N3O2S. The first-order chi connectivity index (χ1) is 8.16. The molecule has 5 nitrogen and oxygen atoms in total. The van der Waals surface area contributed by atoms with Gasteiger partial charge in [-0.25, -0.2) is 13.1 Å². The Morgan fingerprint density at radius 1 is 1.41 bits per heavy atom. The van der Waals surface area contributed by atoms with Gasteiger partial charge in [-0.2, -0.15) is 0 Å². The lowest BCUT2D eigenvalue weighted by atomic mass is 10.3. The van der Waals surface area contributed by atoms with E-state index < -0.39 is 10.0 Å². The van der Waals surface area contributed by atoms with Gasteiger partial charge in [-0.15, -0.1) is 0 Å². The average molecular weight is 255 g/mol. The molecule has 0 aliphatic heterocycles. The summed E-state index contributed by atoms with van der Waals surface area (Å²) in [4.78, 5) is 3.93. The number of sulfonamides is 1. The van der Waals surface area contributed by atoms with Crippen LogP contribution in [-0.4, -0.2) is 31.7 Å². The molecule has 94 valence electrons. The van der Waals surface area contributed by atoms with Crippen molar-refractivity contribution in [2.75, 3.05) is 12.3 Å². The van der Waals surface area contributed by atoms with Crippen LogP contribution >= 0.6 is 0 Å². The first-order valence-corrected chi connectivity index (χ1v) is 7.40. The van der Waals surface area contributed by atoms with E-state index in [2.05, 4.69) is 15.0 Å². The molecule has 1 heterocycles. The molecule has 0 radical (unpaired) electrons.